The van der Waals surface area contributed by atoms with E-state index in [1.54, 1.807) is 7.11 Å². The van der Waals surface area contributed by atoms with Crippen molar-refractivity contribution in [2.75, 3.05) is 33.5 Å². The topological polar surface area (TPSA) is 104 Å². The third-order valence-electron chi connectivity index (χ3n) is 3.20. The minimum absolute atomic E-state index is 0.0162. The van der Waals surface area contributed by atoms with E-state index in [-0.39, 0.29) is 24.8 Å². The average Bonchev–Trinajstić information content (AvgIpc) is 2.61. The molecule has 1 rings (SSSR count). The zero-order valence-electron chi connectivity index (χ0n) is 13.9. The number of carbonyl (C=O) groups is 1. The first-order chi connectivity index (χ1) is 11.6. The summed E-state index contributed by atoms with van der Waals surface area (Å²) in [6.07, 6.45) is 1.36. The maximum Gasteiger partial charge on any atom is 0.263 e. The maximum atomic E-state index is 12.1. The molecule has 0 spiro atoms. The van der Waals surface area contributed by atoms with Crippen molar-refractivity contribution >= 4 is 5.91 Å². The predicted octanol–water partition coefficient (Wildman–Crippen LogP) is 0.878. The number of amides is 1. The first-order valence-corrected chi connectivity index (χ1v) is 7.59. The second kappa shape index (κ2) is 11.0. The SMILES string of the molecule is COc1ccc(C(C)NC(=O)/C(C#N)=C\NCCOCCO)cc1. The molecule has 0 radical (unpaired) electrons. The molecule has 0 aliphatic heterocycles. The van der Waals surface area contributed by atoms with E-state index in [0.29, 0.717) is 13.2 Å². The summed E-state index contributed by atoms with van der Waals surface area (Å²) >= 11 is 0. The Hall–Kier alpha value is -2.56. The molecule has 7 nitrogen and oxygen atoms in total. The third kappa shape index (κ3) is 6.69. The van der Waals surface area contributed by atoms with Gasteiger partial charge >= 0.3 is 0 Å². The maximum absolute atomic E-state index is 12.1. The first kappa shape index (κ1) is 19.5. The molecule has 1 aromatic carbocycles. The zero-order chi connectivity index (χ0) is 17.8. The summed E-state index contributed by atoms with van der Waals surface area (Å²) in [5.74, 6) is 0.284. The van der Waals surface area contributed by atoms with E-state index < -0.39 is 5.91 Å². The van der Waals surface area contributed by atoms with Gasteiger partial charge in [0, 0.05) is 12.7 Å². The van der Waals surface area contributed by atoms with Gasteiger partial charge in [0.05, 0.1) is 33.0 Å². The Bertz CT molecular complexity index is 578. The van der Waals surface area contributed by atoms with E-state index in [1.807, 2.05) is 37.3 Å². The van der Waals surface area contributed by atoms with Gasteiger partial charge in [-0.2, -0.15) is 5.26 Å². The standard InChI is InChI=1S/C17H23N3O4/c1-13(14-3-5-16(23-2)6-4-14)20-17(22)15(11-18)12-19-7-9-24-10-8-21/h3-6,12-13,19,21H,7-10H2,1-2H3,(H,20,22)/b15-12-. The fourth-order valence-corrected chi connectivity index (χ4v) is 1.87. The number of carbonyl (C=O) groups excluding carboxylic acids is 1. The molecule has 24 heavy (non-hydrogen) atoms. The number of hydrogen-bond donors (Lipinski definition) is 3. The molecule has 7 heteroatoms. The van der Waals surface area contributed by atoms with Crippen LogP contribution in [0.5, 0.6) is 5.75 Å². The highest BCUT2D eigenvalue weighted by Crippen LogP contribution is 2.17. The van der Waals surface area contributed by atoms with Gasteiger partial charge in [-0.1, -0.05) is 12.1 Å². The van der Waals surface area contributed by atoms with Crippen LogP contribution in [-0.4, -0.2) is 44.5 Å². The number of nitriles is 1. The van der Waals surface area contributed by atoms with Crippen LogP contribution in [0.15, 0.2) is 36.0 Å². The Morgan fingerprint density at radius 2 is 2.08 bits per heavy atom. The fraction of sp³-hybridized carbons (Fsp3) is 0.412. The quantitative estimate of drug-likeness (QED) is 0.334. The Kier molecular flexibility index (Phi) is 8.97. The summed E-state index contributed by atoms with van der Waals surface area (Å²) in [7, 11) is 1.59. The number of nitrogens with one attached hydrogen (secondary N) is 2. The normalized spacial score (nSPS) is 12.2. The number of aliphatic hydroxyl groups is 1. The van der Waals surface area contributed by atoms with Crippen LogP contribution in [0.25, 0.3) is 0 Å². The van der Waals surface area contributed by atoms with E-state index in [9.17, 15) is 4.79 Å². The number of aliphatic hydroxyl groups excluding tert-OH is 1. The highest BCUT2D eigenvalue weighted by molar-refractivity contribution is 5.97. The van der Waals surface area contributed by atoms with Crippen molar-refractivity contribution in [2.24, 2.45) is 0 Å². The number of methoxy groups -OCH3 is 1. The van der Waals surface area contributed by atoms with Crippen molar-refractivity contribution in [1.29, 1.82) is 5.26 Å². The first-order valence-electron chi connectivity index (χ1n) is 7.59. The molecule has 0 aromatic heterocycles. The van der Waals surface area contributed by atoms with Gasteiger partial charge in [0.15, 0.2) is 0 Å². The van der Waals surface area contributed by atoms with Crippen molar-refractivity contribution in [1.82, 2.24) is 10.6 Å². The molecular weight excluding hydrogens is 310 g/mol. The summed E-state index contributed by atoms with van der Waals surface area (Å²) in [5, 5.41) is 23.3. The summed E-state index contributed by atoms with van der Waals surface area (Å²) in [6, 6.07) is 8.96. The molecule has 3 N–H and O–H groups in total. The molecule has 1 atom stereocenters. The lowest BCUT2D eigenvalue weighted by molar-refractivity contribution is -0.117. The monoisotopic (exact) mass is 333 g/mol. The van der Waals surface area contributed by atoms with Gasteiger partial charge in [-0.05, 0) is 24.6 Å². The lowest BCUT2D eigenvalue weighted by Gasteiger charge is -2.14. The number of rotatable bonds is 10. The Morgan fingerprint density at radius 3 is 2.67 bits per heavy atom. The van der Waals surface area contributed by atoms with Crippen molar-refractivity contribution in [3.05, 3.63) is 41.6 Å². The average molecular weight is 333 g/mol. The van der Waals surface area contributed by atoms with Gasteiger partial charge in [-0.15, -0.1) is 0 Å². The summed E-state index contributed by atoms with van der Waals surface area (Å²) in [5.41, 5.74) is 0.893. The van der Waals surface area contributed by atoms with Crippen molar-refractivity contribution in [3.8, 4) is 11.8 Å². The molecular formula is C17H23N3O4. The summed E-state index contributed by atoms with van der Waals surface area (Å²) in [4.78, 5) is 12.1. The largest absolute Gasteiger partial charge is 0.497 e. The highest BCUT2D eigenvalue weighted by atomic mass is 16.5. The molecule has 0 aliphatic rings. The second-order valence-electron chi connectivity index (χ2n) is 4.93. The molecule has 0 heterocycles. The van der Waals surface area contributed by atoms with Gasteiger partial charge in [0.1, 0.15) is 17.4 Å². The van der Waals surface area contributed by atoms with Crippen molar-refractivity contribution < 1.29 is 19.4 Å². The molecule has 1 aromatic rings. The van der Waals surface area contributed by atoms with Gasteiger partial charge in [-0.25, -0.2) is 0 Å². The minimum atomic E-state index is -0.454. The lowest BCUT2D eigenvalue weighted by atomic mass is 10.1. The van der Waals surface area contributed by atoms with E-state index >= 15 is 0 Å². The van der Waals surface area contributed by atoms with E-state index in [4.69, 9.17) is 19.8 Å². The van der Waals surface area contributed by atoms with Crippen LogP contribution in [0.2, 0.25) is 0 Å². The van der Waals surface area contributed by atoms with Crippen molar-refractivity contribution in [2.45, 2.75) is 13.0 Å². The zero-order valence-corrected chi connectivity index (χ0v) is 13.9. The van der Waals surface area contributed by atoms with Crippen LogP contribution in [0.3, 0.4) is 0 Å². The molecule has 1 amide bonds. The van der Waals surface area contributed by atoms with E-state index in [0.717, 1.165) is 11.3 Å². The van der Waals surface area contributed by atoms with Crippen LogP contribution < -0.4 is 15.4 Å². The molecule has 0 fully saturated rings. The molecule has 0 aliphatic carbocycles. The van der Waals surface area contributed by atoms with Crippen LogP contribution in [0.1, 0.15) is 18.5 Å². The number of ether oxygens (including phenoxy) is 2. The van der Waals surface area contributed by atoms with Gasteiger partial charge < -0.3 is 25.2 Å². The van der Waals surface area contributed by atoms with Crippen molar-refractivity contribution in [3.63, 3.8) is 0 Å². The summed E-state index contributed by atoms with van der Waals surface area (Å²) in [6.45, 7) is 2.87. The molecule has 0 bridgehead atoms. The number of benzene rings is 1. The Balaban J connectivity index is 2.51. The lowest BCUT2D eigenvalue weighted by Crippen LogP contribution is -2.28. The fourth-order valence-electron chi connectivity index (χ4n) is 1.87. The summed E-state index contributed by atoms with van der Waals surface area (Å²) < 4.78 is 10.2. The predicted molar refractivity (Wildman–Crippen MR) is 89.2 cm³/mol. The van der Waals surface area contributed by atoms with E-state index in [2.05, 4.69) is 10.6 Å². The Labute approximate surface area is 141 Å². The Morgan fingerprint density at radius 1 is 1.38 bits per heavy atom. The smallest absolute Gasteiger partial charge is 0.263 e. The van der Waals surface area contributed by atoms with Crippen LogP contribution >= 0.6 is 0 Å². The van der Waals surface area contributed by atoms with E-state index in [1.165, 1.54) is 6.20 Å². The highest BCUT2D eigenvalue weighted by Gasteiger charge is 2.13. The van der Waals surface area contributed by atoms with Crippen LogP contribution in [-0.2, 0) is 9.53 Å². The molecule has 130 valence electrons. The van der Waals surface area contributed by atoms with Crippen LogP contribution in [0.4, 0.5) is 0 Å². The molecule has 0 saturated heterocycles. The number of hydrogen-bond acceptors (Lipinski definition) is 6. The molecule has 1 unspecified atom stereocenters. The molecule has 0 saturated carbocycles. The van der Waals surface area contributed by atoms with Gasteiger partial charge in [-0.3, -0.25) is 4.79 Å². The van der Waals surface area contributed by atoms with Gasteiger partial charge in [0.2, 0.25) is 0 Å². The number of nitrogens with zero attached hydrogens (tertiary/aromatic N) is 1. The van der Waals surface area contributed by atoms with Gasteiger partial charge in [0.25, 0.3) is 5.91 Å². The second-order valence-corrected chi connectivity index (χ2v) is 4.93. The third-order valence-corrected chi connectivity index (χ3v) is 3.20. The minimum Gasteiger partial charge on any atom is -0.497 e. The van der Waals surface area contributed by atoms with Crippen LogP contribution in [0, 0.1) is 11.3 Å².